The number of carbonyl (C=O) groups is 1. The van der Waals surface area contributed by atoms with Crippen molar-refractivity contribution in [1.82, 2.24) is 10.2 Å². The van der Waals surface area contributed by atoms with Crippen LogP contribution in [0.3, 0.4) is 0 Å². The number of carbonyl (C=O) groups excluding carboxylic acids is 1. The first-order valence-corrected chi connectivity index (χ1v) is 7.18. The van der Waals surface area contributed by atoms with E-state index in [1.807, 2.05) is 0 Å². The minimum Gasteiger partial charge on any atom is -0.365 e. The first-order chi connectivity index (χ1) is 9.35. The molecular formula is C12H15N3O3S2. The highest BCUT2D eigenvalue weighted by Gasteiger charge is 2.13. The number of rotatable bonds is 3. The first kappa shape index (κ1) is 16.3. The normalized spacial score (nSPS) is 9.75. The van der Waals surface area contributed by atoms with Gasteiger partial charge in [-0.05, 0) is 36.3 Å². The van der Waals surface area contributed by atoms with Gasteiger partial charge in [-0.1, -0.05) is 12.1 Å². The van der Waals surface area contributed by atoms with E-state index in [4.69, 9.17) is 12.2 Å². The molecule has 0 aliphatic carbocycles. The van der Waals surface area contributed by atoms with E-state index in [2.05, 4.69) is 9.68 Å². The fourth-order valence-electron chi connectivity index (χ4n) is 1.52. The van der Waals surface area contributed by atoms with Crippen molar-refractivity contribution >= 4 is 39.4 Å². The Morgan fingerprint density at radius 1 is 1.45 bits per heavy atom. The lowest BCUT2D eigenvalue weighted by Gasteiger charge is -2.17. The van der Waals surface area contributed by atoms with E-state index in [-0.39, 0.29) is 12.3 Å². The number of likely N-dealkylation sites (N-methyl/N-ethyl adjacent to an activating group) is 1. The van der Waals surface area contributed by atoms with Crippen molar-refractivity contribution < 1.29 is 13.2 Å². The van der Waals surface area contributed by atoms with Crippen molar-refractivity contribution in [3.05, 3.63) is 29.3 Å². The number of amides is 1. The van der Waals surface area contributed by atoms with Crippen LogP contribution in [0.4, 0.5) is 5.69 Å². The van der Waals surface area contributed by atoms with Gasteiger partial charge >= 0.3 is 10.5 Å². The zero-order chi connectivity index (χ0) is 15.3. The van der Waals surface area contributed by atoms with E-state index in [9.17, 15) is 13.2 Å². The maximum atomic E-state index is 12.0. The molecule has 0 atom stereocenters. The second kappa shape index (κ2) is 7.11. The van der Waals surface area contributed by atoms with Crippen LogP contribution in [0.1, 0.15) is 11.1 Å². The van der Waals surface area contributed by atoms with Crippen molar-refractivity contribution in [3.63, 3.8) is 0 Å². The molecule has 0 radical (unpaired) electrons. The zero-order valence-corrected chi connectivity index (χ0v) is 13.0. The quantitative estimate of drug-likeness (QED) is 0.848. The van der Waals surface area contributed by atoms with Crippen molar-refractivity contribution in [2.45, 2.75) is 13.3 Å². The SMILES string of the molecule is CNC(=S)N(C)C(=O)Cc1ccc(C)c(N=S(=O)=O)c1. The number of thiocarbonyl (C=S) groups is 1. The van der Waals surface area contributed by atoms with Crippen LogP contribution in [0.5, 0.6) is 0 Å². The van der Waals surface area contributed by atoms with Crippen molar-refractivity contribution in [2.75, 3.05) is 14.1 Å². The molecule has 0 saturated carbocycles. The summed E-state index contributed by atoms with van der Waals surface area (Å²) in [6.07, 6.45) is 0.118. The molecule has 0 heterocycles. The van der Waals surface area contributed by atoms with Crippen LogP contribution in [0.15, 0.2) is 22.6 Å². The summed E-state index contributed by atoms with van der Waals surface area (Å²) in [5.74, 6) is -0.192. The van der Waals surface area contributed by atoms with Gasteiger partial charge in [0, 0.05) is 14.1 Å². The molecule has 1 aromatic rings. The van der Waals surface area contributed by atoms with Gasteiger partial charge in [-0.2, -0.15) is 8.42 Å². The fourth-order valence-corrected chi connectivity index (χ4v) is 1.98. The molecule has 6 nitrogen and oxygen atoms in total. The third-order valence-electron chi connectivity index (χ3n) is 2.69. The van der Waals surface area contributed by atoms with E-state index in [0.29, 0.717) is 16.4 Å². The first-order valence-electron chi connectivity index (χ1n) is 5.74. The minimum absolute atomic E-state index is 0.118. The summed E-state index contributed by atoms with van der Waals surface area (Å²) in [5, 5.41) is 3.04. The molecule has 0 bridgehead atoms. The summed E-state index contributed by atoms with van der Waals surface area (Å²) in [6.45, 7) is 1.75. The number of hydrogen-bond donors (Lipinski definition) is 1. The lowest BCUT2D eigenvalue weighted by molar-refractivity contribution is -0.125. The van der Waals surface area contributed by atoms with Crippen LogP contribution in [-0.2, 0) is 21.7 Å². The van der Waals surface area contributed by atoms with Gasteiger partial charge < -0.3 is 5.32 Å². The monoisotopic (exact) mass is 313 g/mol. The van der Waals surface area contributed by atoms with Crippen LogP contribution >= 0.6 is 12.2 Å². The molecule has 8 heteroatoms. The standard InChI is InChI=1S/C12H15N3O3S2/c1-8-4-5-9(6-10(8)14-20(17)18)7-11(16)15(3)12(19)13-2/h4-6H,7H2,1-3H3,(H,13,19). The third kappa shape index (κ3) is 4.39. The average Bonchev–Trinajstić information content (AvgIpc) is 2.40. The van der Waals surface area contributed by atoms with Crippen LogP contribution < -0.4 is 5.32 Å². The molecule has 1 rings (SSSR count). The molecule has 1 amide bonds. The predicted octanol–water partition coefficient (Wildman–Crippen LogP) is 1.19. The topological polar surface area (TPSA) is 78.8 Å². The Kier molecular flexibility index (Phi) is 5.78. The summed E-state index contributed by atoms with van der Waals surface area (Å²) in [5.41, 5.74) is 1.74. The van der Waals surface area contributed by atoms with Crippen LogP contribution in [0, 0.1) is 6.92 Å². The van der Waals surface area contributed by atoms with Gasteiger partial charge in [0.2, 0.25) is 5.91 Å². The van der Waals surface area contributed by atoms with E-state index in [0.717, 1.165) is 5.56 Å². The Bertz CT molecular complexity index is 661. The molecule has 0 unspecified atom stereocenters. The number of hydrogen-bond acceptors (Lipinski definition) is 5. The molecule has 0 aromatic heterocycles. The highest BCUT2D eigenvalue weighted by molar-refractivity contribution is 7.80. The summed E-state index contributed by atoms with van der Waals surface area (Å²) in [4.78, 5) is 13.3. The molecule has 0 aliphatic heterocycles. The summed E-state index contributed by atoms with van der Waals surface area (Å²) < 4.78 is 24.7. The summed E-state index contributed by atoms with van der Waals surface area (Å²) >= 11 is 4.97. The molecule has 20 heavy (non-hydrogen) atoms. The molecule has 0 fully saturated rings. The van der Waals surface area contributed by atoms with Crippen LogP contribution in [0.25, 0.3) is 0 Å². The number of benzene rings is 1. The Morgan fingerprint density at radius 3 is 2.65 bits per heavy atom. The smallest absolute Gasteiger partial charge is 0.316 e. The average molecular weight is 313 g/mol. The number of nitrogens with zero attached hydrogens (tertiary/aromatic N) is 2. The van der Waals surface area contributed by atoms with Gasteiger partial charge in [0.1, 0.15) is 0 Å². The molecular weight excluding hydrogens is 298 g/mol. The van der Waals surface area contributed by atoms with E-state index < -0.39 is 10.5 Å². The highest BCUT2D eigenvalue weighted by atomic mass is 32.2. The van der Waals surface area contributed by atoms with Gasteiger partial charge in [-0.15, -0.1) is 4.36 Å². The Labute approximate surface area is 124 Å². The molecule has 108 valence electrons. The van der Waals surface area contributed by atoms with Gasteiger partial charge in [0.05, 0.1) is 12.1 Å². The maximum Gasteiger partial charge on any atom is 0.316 e. The fraction of sp³-hybridized carbons (Fsp3) is 0.333. The Morgan fingerprint density at radius 2 is 2.10 bits per heavy atom. The Hall–Kier alpha value is -1.80. The second-order valence-electron chi connectivity index (χ2n) is 4.11. The number of nitrogens with one attached hydrogen (secondary N) is 1. The van der Waals surface area contributed by atoms with Crippen LogP contribution in [0.2, 0.25) is 0 Å². The summed E-state index contributed by atoms with van der Waals surface area (Å²) in [6, 6.07) is 5.07. The molecule has 1 N–H and O–H groups in total. The highest BCUT2D eigenvalue weighted by Crippen LogP contribution is 2.20. The molecule has 0 saturated heterocycles. The van der Waals surface area contributed by atoms with Gasteiger partial charge in [-0.25, -0.2) is 0 Å². The summed E-state index contributed by atoms with van der Waals surface area (Å²) in [7, 11) is 0.698. The number of aryl methyl sites for hydroxylation is 1. The lowest BCUT2D eigenvalue weighted by atomic mass is 10.1. The molecule has 1 aromatic carbocycles. The molecule has 0 spiro atoms. The largest absolute Gasteiger partial charge is 0.365 e. The predicted molar refractivity (Wildman–Crippen MR) is 80.3 cm³/mol. The van der Waals surface area contributed by atoms with Crippen LogP contribution in [-0.4, -0.2) is 38.4 Å². The third-order valence-corrected chi connectivity index (χ3v) is 3.52. The Balaban J connectivity index is 2.97. The van der Waals surface area contributed by atoms with Gasteiger partial charge in [-0.3, -0.25) is 9.69 Å². The molecule has 0 aliphatic rings. The lowest BCUT2D eigenvalue weighted by Crippen LogP contribution is -2.39. The second-order valence-corrected chi connectivity index (χ2v) is 5.12. The van der Waals surface area contributed by atoms with E-state index in [1.165, 1.54) is 4.90 Å². The van der Waals surface area contributed by atoms with E-state index >= 15 is 0 Å². The van der Waals surface area contributed by atoms with Crippen molar-refractivity contribution in [3.8, 4) is 0 Å². The minimum atomic E-state index is -2.52. The maximum absolute atomic E-state index is 12.0. The van der Waals surface area contributed by atoms with Crippen molar-refractivity contribution in [2.24, 2.45) is 4.36 Å². The van der Waals surface area contributed by atoms with Gasteiger partial charge in [0.25, 0.3) is 0 Å². The van der Waals surface area contributed by atoms with Crippen molar-refractivity contribution in [1.29, 1.82) is 0 Å². The van der Waals surface area contributed by atoms with E-state index in [1.54, 1.807) is 39.2 Å². The van der Waals surface area contributed by atoms with Gasteiger partial charge in [0.15, 0.2) is 5.11 Å². The zero-order valence-electron chi connectivity index (χ0n) is 11.4.